The van der Waals surface area contributed by atoms with E-state index in [0.29, 0.717) is 5.56 Å². The van der Waals surface area contributed by atoms with Crippen molar-refractivity contribution in [1.29, 1.82) is 0 Å². The van der Waals surface area contributed by atoms with E-state index in [1.165, 1.54) is 44.2 Å². The first-order valence-corrected chi connectivity index (χ1v) is 8.23. The third kappa shape index (κ3) is 3.50. The average Bonchev–Trinajstić information content (AvgIpc) is 2.45. The molecule has 0 unspecified atom stereocenters. The summed E-state index contributed by atoms with van der Waals surface area (Å²) in [6, 6.07) is 6.59. The van der Waals surface area contributed by atoms with Gasteiger partial charge >= 0.3 is 5.97 Å². The molecule has 2 N–H and O–H groups in total. The van der Waals surface area contributed by atoms with Gasteiger partial charge in [0, 0.05) is 0 Å². The quantitative estimate of drug-likeness (QED) is 0.897. The second-order valence-electron chi connectivity index (χ2n) is 5.31. The Hall–Kier alpha value is -2.41. The van der Waals surface area contributed by atoms with Crippen molar-refractivity contribution in [3.05, 3.63) is 58.4 Å². The number of rotatable bonds is 4. The van der Waals surface area contributed by atoms with E-state index in [-0.39, 0.29) is 27.3 Å². The van der Waals surface area contributed by atoms with Gasteiger partial charge in [-0.1, -0.05) is 0 Å². The highest BCUT2D eigenvalue weighted by atomic mass is 32.2. The van der Waals surface area contributed by atoms with E-state index in [1.54, 1.807) is 6.92 Å². The summed E-state index contributed by atoms with van der Waals surface area (Å²) >= 11 is 0. The zero-order valence-corrected chi connectivity index (χ0v) is 13.7. The number of hydrogen-bond acceptors (Lipinski definition) is 3. The van der Waals surface area contributed by atoms with Crippen molar-refractivity contribution >= 4 is 21.7 Å². The van der Waals surface area contributed by atoms with Crippen molar-refractivity contribution in [3.8, 4) is 0 Å². The Morgan fingerprint density at radius 1 is 1.04 bits per heavy atom. The van der Waals surface area contributed by atoms with Gasteiger partial charge in [0.1, 0.15) is 5.82 Å². The second kappa shape index (κ2) is 6.00. The van der Waals surface area contributed by atoms with Crippen LogP contribution in [0.1, 0.15) is 27.0 Å². The van der Waals surface area contributed by atoms with Gasteiger partial charge in [-0.25, -0.2) is 17.6 Å². The van der Waals surface area contributed by atoms with Crippen LogP contribution < -0.4 is 4.72 Å². The smallest absolute Gasteiger partial charge is 0.335 e. The number of hydrogen-bond donors (Lipinski definition) is 2. The molecule has 0 fully saturated rings. The number of aryl methyl sites for hydroxylation is 3. The van der Waals surface area contributed by atoms with Crippen LogP contribution in [-0.2, 0) is 10.0 Å². The van der Waals surface area contributed by atoms with Crippen LogP contribution in [-0.4, -0.2) is 19.5 Å². The Morgan fingerprint density at radius 2 is 1.61 bits per heavy atom. The first kappa shape index (κ1) is 17.0. The second-order valence-corrected chi connectivity index (χ2v) is 6.99. The van der Waals surface area contributed by atoms with Crippen molar-refractivity contribution in [1.82, 2.24) is 0 Å². The van der Waals surface area contributed by atoms with E-state index in [4.69, 9.17) is 5.11 Å². The molecule has 0 aliphatic rings. The number of carbonyl (C=O) groups is 1. The first-order chi connectivity index (χ1) is 10.6. The number of sulfonamides is 1. The summed E-state index contributed by atoms with van der Waals surface area (Å²) in [5.74, 6) is -1.53. The normalized spacial score (nSPS) is 11.3. The molecule has 23 heavy (non-hydrogen) atoms. The summed E-state index contributed by atoms with van der Waals surface area (Å²) < 4.78 is 40.9. The minimum atomic E-state index is -3.89. The molecule has 2 aromatic rings. The minimum Gasteiger partial charge on any atom is -0.478 e. The van der Waals surface area contributed by atoms with Crippen LogP contribution in [0.2, 0.25) is 0 Å². The van der Waals surface area contributed by atoms with Crippen LogP contribution >= 0.6 is 0 Å². The van der Waals surface area contributed by atoms with Crippen molar-refractivity contribution in [2.24, 2.45) is 0 Å². The highest BCUT2D eigenvalue weighted by Crippen LogP contribution is 2.23. The molecule has 0 radical (unpaired) electrons. The molecule has 2 aromatic carbocycles. The lowest BCUT2D eigenvalue weighted by atomic mass is 10.1. The summed E-state index contributed by atoms with van der Waals surface area (Å²) in [4.78, 5) is 10.9. The lowest BCUT2D eigenvalue weighted by Crippen LogP contribution is -2.15. The third-order valence-electron chi connectivity index (χ3n) is 3.44. The van der Waals surface area contributed by atoms with Gasteiger partial charge in [0.05, 0.1) is 16.1 Å². The van der Waals surface area contributed by atoms with Crippen molar-refractivity contribution in [2.75, 3.05) is 4.72 Å². The molecule has 0 aliphatic carbocycles. The van der Waals surface area contributed by atoms with Crippen molar-refractivity contribution < 1.29 is 22.7 Å². The SMILES string of the molecule is Cc1cc(C(=O)O)ccc1NS(=O)(=O)c1cc(C)c(F)c(C)c1. The van der Waals surface area contributed by atoms with E-state index >= 15 is 0 Å². The molecule has 0 amide bonds. The fourth-order valence-electron chi connectivity index (χ4n) is 2.18. The minimum absolute atomic E-state index is 0.0457. The van der Waals surface area contributed by atoms with Crippen molar-refractivity contribution in [2.45, 2.75) is 25.7 Å². The van der Waals surface area contributed by atoms with Crippen LogP contribution in [0.15, 0.2) is 35.2 Å². The largest absolute Gasteiger partial charge is 0.478 e. The van der Waals surface area contributed by atoms with Gasteiger partial charge in [-0.2, -0.15) is 0 Å². The van der Waals surface area contributed by atoms with Crippen LogP contribution in [0, 0.1) is 26.6 Å². The number of carboxylic acids is 1. The molecule has 122 valence electrons. The summed E-state index contributed by atoms with van der Waals surface area (Å²) in [6.07, 6.45) is 0. The van der Waals surface area contributed by atoms with Crippen LogP contribution in [0.3, 0.4) is 0 Å². The summed E-state index contributed by atoms with van der Waals surface area (Å²) in [7, 11) is -3.89. The lowest BCUT2D eigenvalue weighted by Gasteiger charge is -2.12. The first-order valence-electron chi connectivity index (χ1n) is 6.75. The topological polar surface area (TPSA) is 83.5 Å². The number of aromatic carboxylic acids is 1. The molecule has 0 saturated heterocycles. The Balaban J connectivity index is 2.41. The van der Waals surface area contributed by atoms with Crippen LogP contribution in [0.4, 0.5) is 10.1 Å². The summed E-state index contributed by atoms with van der Waals surface area (Å²) in [5, 5.41) is 8.92. The molecule has 5 nitrogen and oxygen atoms in total. The molecule has 0 spiro atoms. The Bertz CT molecular complexity index is 868. The number of nitrogens with one attached hydrogen (secondary N) is 1. The molecular weight excluding hydrogens is 321 g/mol. The molecule has 0 saturated carbocycles. The molecule has 0 atom stereocenters. The standard InChI is InChI=1S/C16H16FNO4S/c1-9-6-12(16(19)20)4-5-14(9)18-23(21,22)13-7-10(2)15(17)11(3)8-13/h4-8,18H,1-3H3,(H,19,20). The van der Waals surface area contributed by atoms with Gasteiger partial charge in [-0.15, -0.1) is 0 Å². The van der Waals surface area contributed by atoms with E-state index in [9.17, 15) is 17.6 Å². The Kier molecular flexibility index (Phi) is 4.42. The zero-order chi connectivity index (χ0) is 17.4. The number of anilines is 1. The van der Waals surface area contributed by atoms with Gasteiger partial charge in [0.2, 0.25) is 0 Å². The highest BCUT2D eigenvalue weighted by molar-refractivity contribution is 7.92. The summed E-state index contributed by atoms with van der Waals surface area (Å²) in [6.45, 7) is 4.59. The maximum atomic E-state index is 13.6. The van der Waals surface area contributed by atoms with E-state index < -0.39 is 21.8 Å². The Labute approximate surface area is 133 Å². The van der Waals surface area contributed by atoms with Gasteiger partial charge in [-0.05, 0) is 67.8 Å². The lowest BCUT2D eigenvalue weighted by molar-refractivity contribution is 0.0697. The van der Waals surface area contributed by atoms with E-state index in [2.05, 4.69) is 4.72 Å². The fraction of sp³-hybridized carbons (Fsp3) is 0.188. The van der Waals surface area contributed by atoms with Crippen LogP contribution in [0.5, 0.6) is 0 Å². The number of halogens is 1. The molecule has 0 heterocycles. The fourth-order valence-corrected chi connectivity index (χ4v) is 3.48. The maximum absolute atomic E-state index is 13.6. The molecule has 7 heteroatoms. The molecular formula is C16H16FNO4S. The average molecular weight is 337 g/mol. The molecule has 0 aliphatic heterocycles. The number of benzene rings is 2. The van der Waals surface area contributed by atoms with Gasteiger partial charge in [-0.3, -0.25) is 4.72 Å². The van der Waals surface area contributed by atoms with Crippen LogP contribution in [0.25, 0.3) is 0 Å². The highest BCUT2D eigenvalue weighted by Gasteiger charge is 2.18. The monoisotopic (exact) mass is 337 g/mol. The van der Waals surface area contributed by atoms with Gasteiger partial charge < -0.3 is 5.11 Å². The summed E-state index contributed by atoms with van der Waals surface area (Å²) in [5.41, 5.74) is 1.30. The van der Waals surface area contributed by atoms with E-state index in [0.717, 1.165) is 0 Å². The molecule has 0 bridgehead atoms. The molecule has 2 rings (SSSR count). The zero-order valence-electron chi connectivity index (χ0n) is 12.8. The predicted octanol–water partition coefficient (Wildman–Crippen LogP) is 3.25. The maximum Gasteiger partial charge on any atom is 0.335 e. The number of carboxylic acid groups (broad SMARTS) is 1. The van der Waals surface area contributed by atoms with E-state index in [1.807, 2.05) is 0 Å². The van der Waals surface area contributed by atoms with Gasteiger partial charge in [0.25, 0.3) is 10.0 Å². The Morgan fingerprint density at radius 3 is 2.09 bits per heavy atom. The van der Waals surface area contributed by atoms with Crippen molar-refractivity contribution in [3.63, 3.8) is 0 Å². The van der Waals surface area contributed by atoms with Gasteiger partial charge in [0.15, 0.2) is 0 Å². The third-order valence-corrected chi connectivity index (χ3v) is 4.78. The predicted molar refractivity (Wildman–Crippen MR) is 84.8 cm³/mol. The molecule has 0 aromatic heterocycles.